The third kappa shape index (κ3) is 2.64. The van der Waals surface area contributed by atoms with Gasteiger partial charge in [-0.05, 0) is 49.5 Å². The van der Waals surface area contributed by atoms with E-state index in [4.69, 9.17) is 4.74 Å². The van der Waals surface area contributed by atoms with E-state index in [1.807, 2.05) is 19.1 Å². The lowest BCUT2D eigenvalue weighted by atomic mass is 9.92. The Kier molecular flexibility index (Phi) is 3.62. The van der Waals surface area contributed by atoms with Gasteiger partial charge in [0.1, 0.15) is 5.75 Å². The van der Waals surface area contributed by atoms with E-state index in [-0.39, 0.29) is 0 Å². The van der Waals surface area contributed by atoms with Gasteiger partial charge in [0, 0.05) is 6.61 Å². The first-order chi connectivity index (χ1) is 7.79. The summed E-state index contributed by atoms with van der Waals surface area (Å²) in [5.41, 5.74) is 2.59. The maximum Gasteiger partial charge on any atom is 0.115 e. The molecule has 1 unspecified atom stereocenters. The molecule has 1 aliphatic carbocycles. The summed E-state index contributed by atoms with van der Waals surface area (Å²) in [6.07, 6.45) is 5.82. The maximum atomic E-state index is 9.23. The molecule has 0 fully saturated rings. The van der Waals surface area contributed by atoms with Crippen LogP contribution in [-0.4, -0.2) is 17.8 Å². The van der Waals surface area contributed by atoms with E-state index in [1.54, 1.807) is 12.1 Å². The normalized spacial score (nSPS) is 20.6. The van der Waals surface area contributed by atoms with E-state index in [0.717, 1.165) is 25.9 Å². The van der Waals surface area contributed by atoms with Crippen molar-refractivity contribution in [3.8, 4) is 5.75 Å². The average Bonchev–Trinajstić information content (AvgIpc) is 2.32. The fourth-order valence-electron chi connectivity index (χ4n) is 2.13. The Morgan fingerprint density at radius 3 is 2.62 bits per heavy atom. The number of phenolic OH excluding ortho intramolecular Hbond substituents is 1. The molecule has 1 N–H and O–H groups in total. The largest absolute Gasteiger partial charge is 0.508 e. The third-order valence-electron chi connectivity index (χ3n) is 3.00. The molecule has 0 heterocycles. The summed E-state index contributed by atoms with van der Waals surface area (Å²) < 4.78 is 5.60. The second kappa shape index (κ2) is 5.17. The number of benzene rings is 1. The molecule has 1 aliphatic rings. The van der Waals surface area contributed by atoms with Crippen molar-refractivity contribution in [2.75, 3.05) is 6.61 Å². The second-order valence-corrected chi connectivity index (χ2v) is 4.13. The second-order valence-electron chi connectivity index (χ2n) is 4.13. The van der Waals surface area contributed by atoms with E-state index in [9.17, 15) is 5.11 Å². The van der Waals surface area contributed by atoms with E-state index in [0.29, 0.717) is 11.9 Å². The van der Waals surface area contributed by atoms with E-state index in [2.05, 4.69) is 6.08 Å². The first-order valence-electron chi connectivity index (χ1n) is 5.89. The highest BCUT2D eigenvalue weighted by Gasteiger charge is 2.14. The molecule has 16 heavy (non-hydrogen) atoms. The molecular formula is C14H18O2. The van der Waals surface area contributed by atoms with Gasteiger partial charge in [0.25, 0.3) is 0 Å². The number of allylic oxidation sites excluding steroid dienone is 1. The molecule has 1 aromatic rings. The van der Waals surface area contributed by atoms with Gasteiger partial charge in [-0.3, -0.25) is 0 Å². The minimum atomic E-state index is 0.326. The van der Waals surface area contributed by atoms with E-state index in [1.165, 1.54) is 11.1 Å². The summed E-state index contributed by atoms with van der Waals surface area (Å²) >= 11 is 0. The van der Waals surface area contributed by atoms with Crippen molar-refractivity contribution in [3.63, 3.8) is 0 Å². The smallest absolute Gasteiger partial charge is 0.115 e. The molecule has 2 heteroatoms. The fourth-order valence-corrected chi connectivity index (χ4v) is 2.13. The van der Waals surface area contributed by atoms with Crippen molar-refractivity contribution in [1.82, 2.24) is 0 Å². The van der Waals surface area contributed by atoms with Gasteiger partial charge in [-0.15, -0.1) is 0 Å². The first-order valence-corrected chi connectivity index (χ1v) is 5.89. The molecule has 2 nitrogen and oxygen atoms in total. The van der Waals surface area contributed by atoms with Gasteiger partial charge in [-0.25, -0.2) is 0 Å². The topological polar surface area (TPSA) is 29.5 Å². The zero-order valence-electron chi connectivity index (χ0n) is 9.65. The molecule has 2 rings (SSSR count). The fraction of sp³-hybridized carbons (Fsp3) is 0.429. The van der Waals surface area contributed by atoms with Crippen molar-refractivity contribution in [2.45, 2.75) is 32.3 Å². The summed E-state index contributed by atoms with van der Waals surface area (Å²) in [5.74, 6) is 0.326. The molecule has 0 saturated heterocycles. The highest BCUT2D eigenvalue weighted by molar-refractivity contribution is 5.66. The van der Waals surface area contributed by atoms with Gasteiger partial charge >= 0.3 is 0 Å². The summed E-state index contributed by atoms with van der Waals surface area (Å²) in [4.78, 5) is 0. The lowest BCUT2D eigenvalue weighted by Crippen LogP contribution is -2.15. The molecule has 0 spiro atoms. The highest BCUT2D eigenvalue weighted by atomic mass is 16.5. The zero-order valence-corrected chi connectivity index (χ0v) is 9.65. The Hall–Kier alpha value is -1.28. The summed E-state index contributed by atoms with van der Waals surface area (Å²) in [5, 5.41) is 9.23. The molecule has 86 valence electrons. The van der Waals surface area contributed by atoms with Crippen LogP contribution in [0.25, 0.3) is 5.57 Å². The van der Waals surface area contributed by atoms with Crippen molar-refractivity contribution < 1.29 is 9.84 Å². The summed E-state index contributed by atoms with van der Waals surface area (Å²) in [6, 6.07) is 7.43. The lowest BCUT2D eigenvalue weighted by molar-refractivity contribution is 0.0579. The van der Waals surface area contributed by atoms with Crippen molar-refractivity contribution in [1.29, 1.82) is 0 Å². The molecule has 0 saturated carbocycles. The standard InChI is InChI=1S/C14H18O2/c1-2-16-14-9-5-12(6-10-14)11-3-7-13(15)8-4-11/h3-5,7-8,14-15H,2,6,9-10H2,1H3. The minimum absolute atomic E-state index is 0.326. The quantitative estimate of drug-likeness (QED) is 0.843. The van der Waals surface area contributed by atoms with Crippen LogP contribution < -0.4 is 0 Å². The van der Waals surface area contributed by atoms with Crippen LogP contribution in [0.1, 0.15) is 31.7 Å². The molecular weight excluding hydrogens is 200 g/mol. The number of ether oxygens (including phenoxy) is 1. The van der Waals surface area contributed by atoms with Crippen LogP contribution in [0.3, 0.4) is 0 Å². The van der Waals surface area contributed by atoms with Crippen LogP contribution in [0.5, 0.6) is 5.75 Å². The van der Waals surface area contributed by atoms with Crippen LogP contribution in [0.15, 0.2) is 30.3 Å². The van der Waals surface area contributed by atoms with Crippen molar-refractivity contribution in [2.24, 2.45) is 0 Å². The Labute approximate surface area is 96.6 Å². The van der Waals surface area contributed by atoms with Crippen molar-refractivity contribution in [3.05, 3.63) is 35.9 Å². The molecule has 0 radical (unpaired) electrons. The lowest BCUT2D eigenvalue weighted by Gasteiger charge is -2.21. The molecule has 1 atom stereocenters. The van der Waals surface area contributed by atoms with E-state index >= 15 is 0 Å². The number of rotatable bonds is 3. The Morgan fingerprint density at radius 1 is 1.31 bits per heavy atom. The van der Waals surface area contributed by atoms with Crippen molar-refractivity contribution >= 4 is 5.57 Å². The van der Waals surface area contributed by atoms with Gasteiger partial charge in [0.15, 0.2) is 0 Å². The Balaban J connectivity index is 2.04. The highest BCUT2D eigenvalue weighted by Crippen LogP contribution is 2.29. The maximum absolute atomic E-state index is 9.23. The summed E-state index contributed by atoms with van der Waals surface area (Å²) in [6.45, 7) is 2.84. The predicted octanol–water partition coefficient (Wildman–Crippen LogP) is 3.36. The van der Waals surface area contributed by atoms with Gasteiger partial charge < -0.3 is 9.84 Å². The van der Waals surface area contributed by atoms with Gasteiger partial charge in [0.05, 0.1) is 6.10 Å². The molecule has 0 aromatic heterocycles. The molecule has 0 bridgehead atoms. The summed E-state index contributed by atoms with van der Waals surface area (Å²) in [7, 11) is 0. The monoisotopic (exact) mass is 218 g/mol. The molecule has 0 amide bonds. The average molecular weight is 218 g/mol. The first kappa shape index (κ1) is 11.2. The zero-order chi connectivity index (χ0) is 11.4. The number of hydrogen-bond donors (Lipinski definition) is 1. The third-order valence-corrected chi connectivity index (χ3v) is 3.00. The van der Waals surface area contributed by atoms with E-state index < -0.39 is 0 Å². The van der Waals surface area contributed by atoms with Crippen LogP contribution >= 0.6 is 0 Å². The van der Waals surface area contributed by atoms with Crippen LogP contribution in [0, 0.1) is 0 Å². The molecule has 0 aliphatic heterocycles. The van der Waals surface area contributed by atoms with Gasteiger partial charge in [-0.1, -0.05) is 18.2 Å². The number of phenols is 1. The number of hydrogen-bond acceptors (Lipinski definition) is 2. The minimum Gasteiger partial charge on any atom is -0.508 e. The van der Waals surface area contributed by atoms with Gasteiger partial charge in [0.2, 0.25) is 0 Å². The Morgan fingerprint density at radius 2 is 2.06 bits per heavy atom. The SMILES string of the molecule is CCOC1CC=C(c2ccc(O)cc2)CC1. The molecule has 1 aromatic carbocycles. The van der Waals surface area contributed by atoms with Crippen LogP contribution in [0.4, 0.5) is 0 Å². The van der Waals surface area contributed by atoms with Gasteiger partial charge in [-0.2, -0.15) is 0 Å². The Bertz CT molecular complexity index is 365. The van der Waals surface area contributed by atoms with Crippen LogP contribution in [-0.2, 0) is 4.74 Å². The predicted molar refractivity (Wildman–Crippen MR) is 65.3 cm³/mol. The van der Waals surface area contributed by atoms with Crippen LogP contribution in [0.2, 0.25) is 0 Å². The number of aromatic hydroxyl groups is 1.